The highest BCUT2D eigenvalue weighted by molar-refractivity contribution is 9.10. The van der Waals surface area contributed by atoms with E-state index in [9.17, 15) is 14.7 Å². The van der Waals surface area contributed by atoms with Crippen molar-refractivity contribution in [2.75, 3.05) is 5.32 Å². The first-order chi connectivity index (χ1) is 11.4. The molecule has 6 nitrogen and oxygen atoms in total. The summed E-state index contributed by atoms with van der Waals surface area (Å²) < 4.78 is 0.751. The van der Waals surface area contributed by atoms with Crippen LogP contribution in [0.5, 0.6) is 5.75 Å². The van der Waals surface area contributed by atoms with Crippen molar-refractivity contribution >= 4 is 39.6 Å². The summed E-state index contributed by atoms with van der Waals surface area (Å²) in [6.45, 7) is 3.87. The van der Waals surface area contributed by atoms with Gasteiger partial charge in [-0.2, -0.15) is 5.10 Å². The van der Waals surface area contributed by atoms with E-state index >= 15 is 0 Å². The van der Waals surface area contributed by atoms with Crippen LogP contribution < -0.4 is 10.7 Å². The van der Waals surface area contributed by atoms with Crippen LogP contribution in [0.25, 0.3) is 0 Å². The second-order valence-electron chi connectivity index (χ2n) is 5.16. The number of carbonyl (C=O) groups is 2. The smallest absolute Gasteiger partial charge is 0.329 e. The van der Waals surface area contributed by atoms with Crippen LogP contribution in [-0.2, 0) is 9.59 Å². The minimum Gasteiger partial charge on any atom is -0.507 e. The average Bonchev–Trinajstić information content (AvgIpc) is 2.54. The molecular weight excluding hydrogens is 374 g/mol. The van der Waals surface area contributed by atoms with Gasteiger partial charge >= 0.3 is 11.8 Å². The van der Waals surface area contributed by atoms with Crippen molar-refractivity contribution in [3.05, 3.63) is 57.6 Å². The number of phenolic OH excluding ortho intramolecular Hbond substituents is 1. The summed E-state index contributed by atoms with van der Waals surface area (Å²) in [6.07, 6.45) is 1.25. The van der Waals surface area contributed by atoms with Crippen molar-refractivity contribution in [3.8, 4) is 5.75 Å². The van der Waals surface area contributed by atoms with Gasteiger partial charge in [0.1, 0.15) is 5.75 Å². The first-order valence-electron chi connectivity index (χ1n) is 7.07. The summed E-state index contributed by atoms with van der Waals surface area (Å²) >= 11 is 3.26. The van der Waals surface area contributed by atoms with Gasteiger partial charge in [-0.1, -0.05) is 22.0 Å². The third kappa shape index (κ3) is 4.66. The molecule has 0 atom stereocenters. The summed E-state index contributed by atoms with van der Waals surface area (Å²) in [5, 5.41) is 15.8. The molecule has 0 fully saturated rings. The van der Waals surface area contributed by atoms with Crippen molar-refractivity contribution in [1.82, 2.24) is 5.43 Å². The van der Waals surface area contributed by atoms with Gasteiger partial charge in [0.05, 0.1) is 6.21 Å². The number of amides is 2. The number of carbonyl (C=O) groups excluding carboxylic acids is 2. The molecule has 0 aliphatic rings. The summed E-state index contributed by atoms with van der Waals surface area (Å²) in [4.78, 5) is 23.6. The molecular formula is C17H16BrN3O3. The van der Waals surface area contributed by atoms with Gasteiger partial charge in [-0.3, -0.25) is 9.59 Å². The number of aromatic hydroxyl groups is 1. The lowest BCUT2D eigenvalue weighted by molar-refractivity contribution is -0.136. The zero-order valence-electron chi connectivity index (χ0n) is 13.1. The van der Waals surface area contributed by atoms with Crippen LogP contribution in [0.15, 0.2) is 46.0 Å². The van der Waals surface area contributed by atoms with Crippen molar-refractivity contribution in [2.45, 2.75) is 13.8 Å². The largest absolute Gasteiger partial charge is 0.507 e. The van der Waals surface area contributed by atoms with E-state index in [4.69, 9.17) is 0 Å². The van der Waals surface area contributed by atoms with Gasteiger partial charge in [-0.05, 0) is 55.3 Å². The summed E-state index contributed by atoms with van der Waals surface area (Å²) in [7, 11) is 0. The molecule has 0 heterocycles. The van der Waals surface area contributed by atoms with Crippen LogP contribution >= 0.6 is 15.9 Å². The van der Waals surface area contributed by atoms with Gasteiger partial charge in [-0.25, -0.2) is 5.43 Å². The Labute approximate surface area is 147 Å². The molecule has 0 saturated heterocycles. The fourth-order valence-corrected chi connectivity index (χ4v) is 2.23. The zero-order valence-corrected chi connectivity index (χ0v) is 14.7. The number of hydrogen-bond acceptors (Lipinski definition) is 4. The number of anilines is 1. The van der Waals surface area contributed by atoms with E-state index in [1.54, 1.807) is 24.3 Å². The maximum absolute atomic E-state index is 11.8. The number of benzene rings is 2. The molecule has 3 N–H and O–H groups in total. The summed E-state index contributed by atoms with van der Waals surface area (Å²) in [5.41, 5.74) is 5.16. The van der Waals surface area contributed by atoms with E-state index in [2.05, 4.69) is 31.8 Å². The van der Waals surface area contributed by atoms with Gasteiger partial charge in [0.25, 0.3) is 0 Å². The highest BCUT2D eigenvalue weighted by Gasteiger charge is 2.13. The molecule has 0 saturated carbocycles. The summed E-state index contributed by atoms with van der Waals surface area (Å²) in [5.74, 6) is -1.72. The second kappa shape index (κ2) is 7.74. The van der Waals surface area contributed by atoms with Gasteiger partial charge in [0.15, 0.2) is 0 Å². The van der Waals surface area contributed by atoms with E-state index in [1.807, 2.05) is 19.9 Å². The van der Waals surface area contributed by atoms with Crippen LogP contribution in [0.2, 0.25) is 0 Å². The van der Waals surface area contributed by atoms with Gasteiger partial charge in [0.2, 0.25) is 0 Å². The Bertz CT molecular complexity index is 819. The number of hydrogen-bond donors (Lipinski definition) is 3. The molecule has 0 aromatic heterocycles. The van der Waals surface area contributed by atoms with Crippen molar-refractivity contribution < 1.29 is 14.7 Å². The number of halogens is 1. The predicted molar refractivity (Wildman–Crippen MR) is 96.1 cm³/mol. The molecule has 2 amide bonds. The van der Waals surface area contributed by atoms with Crippen molar-refractivity contribution in [1.29, 1.82) is 0 Å². The Morgan fingerprint density at radius 3 is 2.54 bits per heavy atom. The standard InChI is InChI=1S/C17H16BrN3O3/c1-10-3-5-14(7-11(10)2)20-16(23)17(24)21-19-9-12-8-13(18)4-6-15(12)22/h3-9,22H,1-2H3,(H,20,23)(H,21,24)/b19-9-. The zero-order chi connectivity index (χ0) is 17.7. The van der Waals surface area contributed by atoms with Crippen LogP contribution in [0.1, 0.15) is 16.7 Å². The number of nitrogens with zero attached hydrogens (tertiary/aromatic N) is 1. The molecule has 2 aromatic carbocycles. The van der Waals surface area contributed by atoms with Gasteiger partial charge in [-0.15, -0.1) is 0 Å². The van der Waals surface area contributed by atoms with Crippen LogP contribution in [0, 0.1) is 13.8 Å². The molecule has 0 bridgehead atoms. The van der Waals surface area contributed by atoms with E-state index in [0.717, 1.165) is 15.6 Å². The second-order valence-corrected chi connectivity index (χ2v) is 6.07. The van der Waals surface area contributed by atoms with Crippen LogP contribution in [-0.4, -0.2) is 23.1 Å². The van der Waals surface area contributed by atoms with Gasteiger partial charge in [0, 0.05) is 15.7 Å². The topological polar surface area (TPSA) is 90.8 Å². The number of phenols is 1. The third-order valence-electron chi connectivity index (χ3n) is 3.33. The molecule has 2 rings (SSSR count). The third-order valence-corrected chi connectivity index (χ3v) is 3.82. The lowest BCUT2D eigenvalue weighted by Gasteiger charge is -2.06. The van der Waals surface area contributed by atoms with Crippen LogP contribution in [0.4, 0.5) is 5.69 Å². The molecule has 0 aliphatic heterocycles. The number of nitrogens with one attached hydrogen (secondary N) is 2. The Kier molecular flexibility index (Phi) is 5.70. The molecule has 0 spiro atoms. The molecule has 0 unspecified atom stereocenters. The summed E-state index contributed by atoms with van der Waals surface area (Å²) in [6, 6.07) is 10.1. The minimum absolute atomic E-state index is 0.00998. The molecule has 24 heavy (non-hydrogen) atoms. The Morgan fingerprint density at radius 2 is 1.83 bits per heavy atom. The fraction of sp³-hybridized carbons (Fsp3) is 0.118. The Morgan fingerprint density at radius 1 is 1.08 bits per heavy atom. The molecule has 124 valence electrons. The number of hydrazone groups is 1. The normalized spacial score (nSPS) is 10.6. The van der Waals surface area contributed by atoms with Gasteiger partial charge < -0.3 is 10.4 Å². The average molecular weight is 390 g/mol. The highest BCUT2D eigenvalue weighted by Crippen LogP contribution is 2.19. The SMILES string of the molecule is Cc1ccc(NC(=O)C(=O)N/N=C\c2cc(Br)ccc2O)cc1C. The maximum atomic E-state index is 11.8. The molecule has 7 heteroatoms. The fourth-order valence-electron chi connectivity index (χ4n) is 1.85. The van der Waals surface area contributed by atoms with Crippen molar-refractivity contribution in [2.24, 2.45) is 5.10 Å². The van der Waals surface area contributed by atoms with E-state index < -0.39 is 11.8 Å². The van der Waals surface area contributed by atoms with E-state index in [0.29, 0.717) is 11.3 Å². The highest BCUT2D eigenvalue weighted by atomic mass is 79.9. The lowest BCUT2D eigenvalue weighted by atomic mass is 10.1. The van der Waals surface area contributed by atoms with Crippen molar-refractivity contribution in [3.63, 3.8) is 0 Å². The molecule has 0 aliphatic carbocycles. The van der Waals surface area contributed by atoms with E-state index in [1.165, 1.54) is 12.3 Å². The first-order valence-corrected chi connectivity index (χ1v) is 7.86. The first kappa shape index (κ1) is 17.7. The van der Waals surface area contributed by atoms with E-state index in [-0.39, 0.29) is 5.75 Å². The quantitative estimate of drug-likeness (QED) is 0.428. The van der Waals surface area contributed by atoms with Crippen LogP contribution in [0.3, 0.4) is 0 Å². The maximum Gasteiger partial charge on any atom is 0.329 e. The predicted octanol–water partition coefficient (Wildman–Crippen LogP) is 2.86. The Hall–Kier alpha value is -2.67. The number of rotatable bonds is 3. The lowest BCUT2D eigenvalue weighted by Crippen LogP contribution is -2.32. The number of aryl methyl sites for hydroxylation is 2. The molecule has 0 radical (unpaired) electrons. The monoisotopic (exact) mass is 389 g/mol. The Balaban J connectivity index is 1.96. The molecule has 2 aromatic rings. The minimum atomic E-state index is -0.904.